The van der Waals surface area contributed by atoms with Gasteiger partial charge in [0.15, 0.2) is 11.5 Å². The van der Waals surface area contributed by atoms with Crippen molar-refractivity contribution in [2.45, 2.75) is 39.5 Å². The van der Waals surface area contributed by atoms with Crippen molar-refractivity contribution >= 4 is 0 Å². The number of hydrogen-bond donors (Lipinski definition) is 1. The molecule has 1 aromatic carbocycles. The number of nitrogens with one attached hydrogen (secondary N) is 1. The fourth-order valence-electron chi connectivity index (χ4n) is 2.66. The lowest BCUT2D eigenvalue weighted by Crippen LogP contribution is -2.26. The normalized spacial score (nSPS) is 16.8. The van der Waals surface area contributed by atoms with Gasteiger partial charge in [0, 0.05) is 6.54 Å². The molecule has 1 aliphatic rings. The van der Waals surface area contributed by atoms with Gasteiger partial charge >= 0.3 is 0 Å². The van der Waals surface area contributed by atoms with Gasteiger partial charge in [0.25, 0.3) is 0 Å². The van der Waals surface area contributed by atoms with E-state index >= 15 is 0 Å². The summed E-state index contributed by atoms with van der Waals surface area (Å²) < 4.78 is 11.3. The molecule has 3 heteroatoms. The number of hydrogen-bond acceptors (Lipinski definition) is 3. The Morgan fingerprint density at radius 1 is 1.15 bits per heavy atom. The summed E-state index contributed by atoms with van der Waals surface area (Å²) in [4.78, 5) is 0. The van der Waals surface area contributed by atoms with Crippen LogP contribution in [0.2, 0.25) is 0 Å². The Labute approximate surface area is 122 Å². The molecule has 0 saturated carbocycles. The first-order valence-corrected chi connectivity index (χ1v) is 7.86. The predicted octanol–water partition coefficient (Wildman–Crippen LogP) is 3.59. The van der Waals surface area contributed by atoms with Gasteiger partial charge in [0.2, 0.25) is 0 Å². The Bertz CT molecular complexity index is 419. The van der Waals surface area contributed by atoms with Gasteiger partial charge in [-0.25, -0.2) is 0 Å². The Morgan fingerprint density at radius 3 is 2.60 bits per heavy atom. The highest BCUT2D eigenvalue weighted by Gasteiger charge is 2.20. The van der Waals surface area contributed by atoms with E-state index in [1.807, 2.05) is 0 Å². The fourth-order valence-corrected chi connectivity index (χ4v) is 2.66. The number of ether oxygens (including phenoxy) is 2. The molecule has 2 unspecified atom stereocenters. The fraction of sp³-hybridized carbons (Fsp3) is 0.647. The molecule has 0 fully saturated rings. The Balaban J connectivity index is 2.14. The van der Waals surface area contributed by atoms with Crippen LogP contribution < -0.4 is 14.8 Å². The smallest absolute Gasteiger partial charge is 0.161 e. The Kier molecular flexibility index (Phi) is 5.72. The van der Waals surface area contributed by atoms with Crippen molar-refractivity contribution in [3.8, 4) is 11.5 Å². The first kappa shape index (κ1) is 15.2. The molecule has 0 bridgehead atoms. The van der Waals surface area contributed by atoms with Crippen LogP contribution in [-0.4, -0.2) is 26.3 Å². The van der Waals surface area contributed by atoms with Gasteiger partial charge in [-0.05, 0) is 42.5 Å². The zero-order valence-electron chi connectivity index (χ0n) is 12.9. The van der Waals surface area contributed by atoms with Gasteiger partial charge in [0.1, 0.15) is 13.2 Å². The molecule has 0 aromatic heterocycles. The van der Waals surface area contributed by atoms with Gasteiger partial charge in [-0.15, -0.1) is 0 Å². The largest absolute Gasteiger partial charge is 0.486 e. The van der Waals surface area contributed by atoms with Gasteiger partial charge in [0.05, 0.1) is 0 Å². The zero-order valence-corrected chi connectivity index (χ0v) is 12.9. The molecule has 1 heterocycles. The van der Waals surface area contributed by atoms with Crippen LogP contribution in [0, 0.1) is 5.92 Å². The summed E-state index contributed by atoms with van der Waals surface area (Å²) in [6.45, 7) is 10.2. The molecule has 0 radical (unpaired) electrons. The third-order valence-electron chi connectivity index (χ3n) is 4.12. The maximum absolute atomic E-state index is 5.71. The quantitative estimate of drug-likeness (QED) is 0.773. The highest BCUT2D eigenvalue weighted by Crippen LogP contribution is 2.35. The summed E-state index contributed by atoms with van der Waals surface area (Å²) in [6, 6.07) is 6.41. The van der Waals surface area contributed by atoms with Crippen LogP contribution >= 0.6 is 0 Å². The van der Waals surface area contributed by atoms with Crippen molar-refractivity contribution in [1.82, 2.24) is 5.32 Å². The summed E-state index contributed by atoms with van der Waals surface area (Å²) >= 11 is 0. The minimum Gasteiger partial charge on any atom is -0.486 e. The van der Waals surface area contributed by atoms with Crippen LogP contribution in [0.5, 0.6) is 11.5 Å². The molecule has 0 amide bonds. The Hall–Kier alpha value is -1.22. The van der Waals surface area contributed by atoms with E-state index in [-0.39, 0.29) is 0 Å². The minimum atomic E-state index is 0.530. The first-order chi connectivity index (χ1) is 9.76. The monoisotopic (exact) mass is 277 g/mol. The topological polar surface area (TPSA) is 30.5 Å². The van der Waals surface area contributed by atoms with Crippen LogP contribution in [0.25, 0.3) is 0 Å². The Morgan fingerprint density at radius 2 is 1.90 bits per heavy atom. The van der Waals surface area contributed by atoms with Crippen LogP contribution in [-0.2, 0) is 0 Å². The average Bonchev–Trinajstić information content (AvgIpc) is 2.50. The van der Waals surface area contributed by atoms with E-state index < -0.39 is 0 Å². The lowest BCUT2D eigenvalue weighted by molar-refractivity contribution is 0.171. The van der Waals surface area contributed by atoms with Gasteiger partial charge in [-0.2, -0.15) is 0 Å². The third kappa shape index (κ3) is 3.66. The second kappa shape index (κ2) is 7.53. The summed E-state index contributed by atoms with van der Waals surface area (Å²) in [7, 11) is 0. The predicted molar refractivity (Wildman–Crippen MR) is 82.8 cm³/mol. The molecule has 0 saturated heterocycles. The molecule has 3 nitrogen and oxygen atoms in total. The maximum Gasteiger partial charge on any atom is 0.161 e. The molecule has 0 spiro atoms. The molecule has 20 heavy (non-hydrogen) atoms. The highest BCUT2D eigenvalue weighted by atomic mass is 16.6. The van der Waals surface area contributed by atoms with Crippen LogP contribution in [0.15, 0.2) is 18.2 Å². The lowest BCUT2D eigenvalue weighted by Gasteiger charge is -2.26. The van der Waals surface area contributed by atoms with Crippen molar-refractivity contribution in [3.63, 3.8) is 0 Å². The maximum atomic E-state index is 5.71. The molecular weight excluding hydrogens is 250 g/mol. The van der Waals surface area contributed by atoms with Gasteiger partial charge in [-0.3, -0.25) is 0 Å². The van der Waals surface area contributed by atoms with Gasteiger partial charge < -0.3 is 14.8 Å². The van der Waals surface area contributed by atoms with E-state index in [0.29, 0.717) is 25.0 Å². The van der Waals surface area contributed by atoms with E-state index in [1.165, 1.54) is 18.4 Å². The summed E-state index contributed by atoms with van der Waals surface area (Å²) in [5.41, 5.74) is 1.35. The van der Waals surface area contributed by atoms with Crippen molar-refractivity contribution in [2.75, 3.05) is 26.3 Å². The number of fused-ring (bicyclic) bond motifs is 1. The highest BCUT2D eigenvalue weighted by molar-refractivity contribution is 5.45. The van der Waals surface area contributed by atoms with Crippen LogP contribution in [0.3, 0.4) is 0 Å². The molecular formula is C17H27NO2. The third-order valence-corrected chi connectivity index (χ3v) is 4.12. The summed E-state index contributed by atoms with van der Waals surface area (Å²) in [5, 5.41) is 3.56. The van der Waals surface area contributed by atoms with Crippen molar-refractivity contribution in [3.05, 3.63) is 23.8 Å². The summed E-state index contributed by atoms with van der Waals surface area (Å²) in [5.74, 6) is 2.96. The first-order valence-electron chi connectivity index (χ1n) is 7.86. The van der Waals surface area contributed by atoms with Crippen LogP contribution in [0.4, 0.5) is 0 Å². The van der Waals surface area contributed by atoms with Crippen molar-refractivity contribution < 1.29 is 9.47 Å². The second-order valence-electron chi connectivity index (χ2n) is 5.60. The summed E-state index contributed by atoms with van der Waals surface area (Å²) in [6.07, 6.45) is 2.36. The van der Waals surface area contributed by atoms with E-state index in [0.717, 1.165) is 24.6 Å². The number of rotatable bonds is 7. The zero-order chi connectivity index (χ0) is 14.4. The molecule has 1 aromatic rings. The van der Waals surface area contributed by atoms with E-state index in [4.69, 9.17) is 9.47 Å². The molecule has 2 atom stereocenters. The van der Waals surface area contributed by atoms with E-state index in [9.17, 15) is 0 Å². The van der Waals surface area contributed by atoms with Crippen LogP contribution in [0.1, 0.15) is 45.1 Å². The van der Waals surface area contributed by atoms with E-state index in [1.54, 1.807) is 0 Å². The molecule has 1 N–H and O–H groups in total. The SMILES string of the molecule is CCCNCC(c1ccc2c(c1)OCCO2)C(C)CC. The number of benzene rings is 1. The standard InChI is InChI=1S/C17H27NO2/c1-4-8-18-12-15(13(3)5-2)14-6-7-16-17(11-14)20-10-9-19-16/h6-7,11,13,15,18H,4-5,8-10,12H2,1-3H3. The van der Waals surface area contributed by atoms with Crippen molar-refractivity contribution in [2.24, 2.45) is 5.92 Å². The molecule has 2 rings (SSSR count). The minimum absolute atomic E-state index is 0.530. The lowest BCUT2D eigenvalue weighted by atomic mass is 9.85. The molecule has 1 aliphatic heterocycles. The molecule has 112 valence electrons. The molecule has 0 aliphatic carbocycles. The van der Waals surface area contributed by atoms with Gasteiger partial charge in [-0.1, -0.05) is 33.3 Å². The average molecular weight is 277 g/mol. The second-order valence-corrected chi connectivity index (χ2v) is 5.60. The van der Waals surface area contributed by atoms with Crippen molar-refractivity contribution in [1.29, 1.82) is 0 Å². The van der Waals surface area contributed by atoms with E-state index in [2.05, 4.69) is 44.3 Å².